The maximum absolute atomic E-state index is 2.45. The fraction of sp³-hybridized carbons (Fsp3) is 0.0270. The topological polar surface area (TPSA) is 9.86 Å². The number of thiophene rings is 1. The Kier molecular flexibility index (Phi) is 4.58. The van der Waals surface area contributed by atoms with E-state index < -0.39 is 0 Å². The second-order valence-corrected chi connectivity index (χ2v) is 11.6. The lowest BCUT2D eigenvalue weighted by Gasteiger charge is -2.12. The van der Waals surface area contributed by atoms with E-state index in [0.717, 1.165) is 6.42 Å². The first kappa shape index (κ1) is 22.0. The van der Waals surface area contributed by atoms with Gasteiger partial charge < -0.3 is 9.13 Å². The van der Waals surface area contributed by atoms with Crippen LogP contribution in [0.5, 0.6) is 0 Å². The fourth-order valence-electron chi connectivity index (χ4n) is 6.69. The molecule has 1 aliphatic carbocycles. The number of hydrogen-bond acceptors (Lipinski definition) is 1. The number of para-hydroxylation sites is 3. The Morgan fingerprint density at radius 2 is 1.23 bits per heavy atom. The van der Waals surface area contributed by atoms with Gasteiger partial charge in [-0.3, -0.25) is 0 Å². The number of rotatable bonds is 2. The van der Waals surface area contributed by atoms with E-state index in [2.05, 4.69) is 143 Å². The molecule has 1 aliphatic rings. The van der Waals surface area contributed by atoms with Crippen molar-refractivity contribution in [2.24, 2.45) is 0 Å². The standard InChI is InChI=1S/C37H24N2S/c1-2-13-27-29-23-24(21-22-36(29)40-35(27)20-3-1)38-32-17-9-6-14-28(32)37-33(38)18-10-19-34(37)39-30-15-7-4-11-25(30)26-12-5-8-16-31(26)39/h1-12,14-23H,13H2. The van der Waals surface area contributed by atoms with Crippen LogP contribution in [0.15, 0.2) is 127 Å². The van der Waals surface area contributed by atoms with Gasteiger partial charge in [-0.2, -0.15) is 0 Å². The highest BCUT2D eigenvalue weighted by Gasteiger charge is 2.20. The molecule has 5 aromatic carbocycles. The molecule has 3 heteroatoms. The van der Waals surface area contributed by atoms with Crippen molar-refractivity contribution in [1.82, 2.24) is 9.13 Å². The molecule has 0 bridgehead atoms. The second-order valence-electron chi connectivity index (χ2n) is 10.5. The quantitative estimate of drug-likeness (QED) is 0.211. The van der Waals surface area contributed by atoms with Gasteiger partial charge in [-0.25, -0.2) is 0 Å². The number of benzene rings is 5. The van der Waals surface area contributed by atoms with Crippen molar-refractivity contribution < 1.29 is 0 Å². The summed E-state index contributed by atoms with van der Waals surface area (Å²) < 4.78 is 6.25. The van der Waals surface area contributed by atoms with Crippen LogP contribution in [0.4, 0.5) is 0 Å². The van der Waals surface area contributed by atoms with Gasteiger partial charge in [0.1, 0.15) is 0 Å². The van der Waals surface area contributed by atoms with Crippen LogP contribution in [0.2, 0.25) is 0 Å². The van der Waals surface area contributed by atoms with Crippen LogP contribution in [-0.4, -0.2) is 9.13 Å². The van der Waals surface area contributed by atoms with E-state index in [9.17, 15) is 0 Å². The van der Waals surface area contributed by atoms with E-state index >= 15 is 0 Å². The third kappa shape index (κ3) is 2.98. The minimum atomic E-state index is 0.969. The van der Waals surface area contributed by atoms with Crippen molar-refractivity contribution in [3.8, 4) is 11.4 Å². The largest absolute Gasteiger partial charge is 0.309 e. The van der Waals surface area contributed by atoms with E-state index in [1.807, 2.05) is 11.3 Å². The number of nitrogens with zero attached hydrogens (tertiary/aromatic N) is 2. The first-order valence-electron chi connectivity index (χ1n) is 13.8. The van der Waals surface area contributed by atoms with Crippen LogP contribution < -0.4 is 0 Å². The molecule has 2 nitrogen and oxygen atoms in total. The highest BCUT2D eigenvalue weighted by atomic mass is 32.1. The zero-order chi connectivity index (χ0) is 26.2. The zero-order valence-electron chi connectivity index (χ0n) is 21.7. The Balaban J connectivity index is 1.39. The molecular weight excluding hydrogens is 504 g/mol. The first-order chi connectivity index (χ1) is 19.9. The van der Waals surface area contributed by atoms with Gasteiger partial charge in [0.2, 0.25) is 0 Å². The zero-order valence-corrected chi connectivity index (χ0v) is 22.5. The van der Waals surface area contributed by atoms with Crippen molar-refractivity contribution in [3.05, 3.63) is 138 Å². The molecule has 0 aliphatic heterocycles. The molecule has 0 radical (unpaired) electrons. The van der Waals surface area contributed by atoms with E-state index in [0.29, 0.717) is 0 Å². The predicted molar refractivity (Wildman–Crippen MR) is 172 cm³/mol. The van der Waals surface area contributed by atoms with Crippen LogP contribution in [-0.2, 0) is 6.42 Å². The molecule has 0 atom stereocenters. The number of hydrogen-bond donors (Lipinski definition) is 0. The summed E-state index contributed by atoms with van der Waals surface area (Å²) in [5.74, 6) is 0. The average molecular weight is 529 g/mol. The summed E-state index contributed by atoms with van der Waals surface area (Å²) in [5.41, 5.74) is 8.76. The summed E-state index contributed by atoms with van der Waals surface area (Å²) in [6.45, 7) is 0. The van der Waals surface area contributed by atoms with Crippen molar-refractivity contribution in [3.63, 3.8) is 0 Å². The molecule has 188 valence electrons. The van der Waals surface area contributed by atoms with Gasteiger partial charge in [-0.05, 0) is 72.0 Å². The van der Waals surface area contributed by atoms with Crippen molar-refractivity contribution in [1.29, 1.82) is 0 Å². The SMILES string of the molecule is C1=CCc2c(sc3ccc(-n4c5ccccc5c5c(-n6c7ccccc7c7ccccc76)cccc54)cc23)C=C1. The Bertz CT molecular complexity index is 2300. The van der Waals surface area contributed by atoms with Crippen LogP contribution in [0.1, 0.15) is 10.4 Å². The highest BCUT2D eigenvalue weighted by molar-refractivity contribution is 7.20. The molecule has 8 aromatic rings. The Morgan fingerprint density at radius 1 is 0.550 bits per heavy atom. The van der Waals surface area contributed by atoms with E-state index in [-0.39, 0.29) is 0 Å². The molecule has 0 N–H and O–H groups in total. The number of allylic oxidation sites excluding steroid dienone is 3. The smallest absolute Gasteiger partial charge is 0.0562 e. The number of aromatic nitrogens is 2. The number of fused-ring (bicyclic) bond motifs is 9. The molecule has 3 aromatic heterocycles. The molecule has 0 amide bonds. The average Bonchev–Trinajstić information content (AvgIpc) is 3.57. The monoisotopic (exact) mass is 528 g/mol. The third-order valence-corrected chi connectivity index (χ3v) is 9.56. The molecular formula is C37H24N2S. The fourth-order valence-corrected chi connectivity index (χ4v) is 7.82. The molecule has 0 spiro atoms. The van der Waals surface area contributed by atoms with E-state index in [4.69, 9.17) is 0 Å². The summed E-state index contributed by atoms with van der Waals surface area (Å²) in [4.78, 5) is 1.37. The molecule has 3 heterocycles. The summed E-state index contributed by atoms with van der Waals surface area (Å²) in [7, 11) is 0. The lowest BCUT2D eigenvalue weighted by molar-refractivity contribution is 1.17. The lowest BCUT2D eigenvalue weighted by Crippen LogP contribution is -1.96. The van der Waals surface area contributed by atoms with Crippen LogP contribution in [0, 0.1) is 0 Å². The summed E-state index contributed by atoms with van der Waals surface area (Å²) in [6.07, 6.45) is 9.80. The summed E-state index contributed by atoms with van der Waals surface area (Å²) in [5, 5.41) is 6.47. The third-order valence-electron chi connectivity index (χ3n) is 8.38. The van der Waals surface area contributed by atoms with E-state index in [1.54, 1.807) is 0 Å². The predicted octanol–water partition coefficient (Wildman–Crippen LogP) is 10.2. The van der Waals surface area contributed by atoms with Gasteiger partial charge in [-0.1, -0.05) is 78.9 Å². The Morgan fingerprint density at radius 3 is 2.00 bits per heavy atom. The van der Waals surface area contributed by atoms with Gasteiger partial charge in [0.05, 0.1) is 27.8 Å². The van der Waals surface area contributed by atoms with Gasteiger partial charge >= 0.3 is 0 Å². The van der Waals surface area contributed by atoms with E-state index in [1.165, 1.54) is 75.5 Å². The Labute approximate surface area is 235 Å². The molecule has 0 saturated heterocycles. The van der Waals surface area contributed by atoms with Crippen molar-refractivity contribution >= 4 is 71.1 Å². The first-order valence-corrected chi connectivity index (χ1v) is 14.6. The second kappa shape index (κ2) is 8.32. The normalized spacial score (nSPS) is 13.2. The van der Waals surface area contributed by atoms with Gasteiger partial charge in [0.15, 0.2) is 0 Å². The minimum absolute atomic E-state index is 0.969. The highest BCUT2D eigenvalue weighted by Crippen LogP contribution is 2.41. The minimum Gasteiger partial charge on any atom is -0.309 e. The summed E-state index contributed by atoms with van der Waals surface area (Å²) in [6, 6.07) is 40.1. The van der Waals surface area contributed by atoms with Gasteiger partial charge in [-0.15, -0.1) is 11.3 Å². The molecule has 40 heavy (non-hydrogen) atoms. The molecule has 9 rings (SSSR count). The van der Waals surface area contributed by atoms with Gasteiger partial charge in [0, 0.05) is 36.8 Å². The van der Waals surface area contributed by atoms with Crippen molar-refractivity contribution in [2.75, 3.05) is 0 Å². The Hall–Kier alpha value is -4.86. The maximum atomic E-state index is 2.45. The lowest BCUT2D eigenvalue weighted by atomic mass is 10.1. The van der Waals surface area contributed by atoms with Crippen molar-refractivity contribution in [2.45, 2.75) is 6.42 Å². The molecule has 0 fully saturated rings. The van der Waals surface area contributed by atoms with Crippen LogP contribution >= 0.6 is 11.3 Å². The van der Waals surface area contributed by atoms with Crippen LogP contribution in [0.25, 0.3) is 71.1 Å². The molecule has 0 saturated carbocycles. The van der Waals surface area contributed by atoms with Gasteiger partial charge in [0.25, 0.3) is 0 Å². The van der Waals surface area contributed by atoms with Crippen LogP contribution in [0.3, 0.4) is 0 Å². The summed E-state index contributed by atoms with van der Waals surface area (Å²) >= 11 is 1.89. The maximum Gasteiger partial charge on any atom is 0.0562 e. The molecule has 0 unspecified atom stereocenters.